The van der Waals surface area contributed by atoms with Crippen molar-refractivity contribution >= 4 is 5.78 Å². The number of benzene rings is 1. The van der Waals surface area contributed by atoms with Gasteiger partial charge in [-0.05, 0) is 32.7 Å². The lowest BCUT2D eigenvalue weighted by molar-refractivity contribution is 0.0338. The average molecular weight is 293 g/mol. The van der Waals surface area contributed by atoms with E-state index in [-0.39, 0.29) is 17.3 Å². The maximum Gasteiger partial charge on any atom is 0.263 e. The molecule has 2 heterocycles. The van der Waals surface area contributed by atoms with Gasteiger partial charge in [-0.2, -0.15) is 0 Å². The molecule has 2 aliphatic rings. The van der Waals surface area contributed by atoms with E-state index in [1.54, 1.807) is 12.1 Å². The van der Waals surface area contributed by atoms with Crippen molar-refractivity contribution in [2.75, 3.05) is 7.05 Å². The Labute approximate surface area is 124 Å². The van der Waals surface area contributed by atoms with Gasteiger partial charge in [0.25, 0.3) is 6.43 Å². The lowest BCUT2D eigenvalue weighted by Gasteiger charge is -2.46. The van der Waals surface area contributed by atoms with E-state index in [0.29, 0.717) is 17.6 Å². The second-order valence-corrected chi connectivity index (χ2v) is 6.36. The zero-order valence-electron chi connectivity index (χ0n) is 12.3. The van der Waals surface area contributed by atoms with Gasteiger partial charge in [0.1, 0.15) is 0 Å². The highest BCUT2D eigenvalue weighted by molar-refractivity contribution is 5.98. The summed E-state index contributed by atoms with van der Waals surface area (Å²) in [5.41, 5.74) is 0.554. The Kier molecular flexibility index (Phi) is 4.07. The third kappa shape index (κ3) is 2.86. The summed E-state index contributed by atoms with van der Waals surface area (Å²) in [5.74, 6) is 0.176. The van der Waals surface area contributed by atoms with Crippen LogP contribution in [0.25, 0.3) is 0 Å². The van der Waals surface area contributed by atoms with E-state index in [9.17, 15) is 13.6 Å². The van der Waals surface area contributed by atoms with E-state index in [0.717, 1.165) is 12.8 Å². The van der Waals surface area contributed by atoms with Gasteiger partial charge in [0.2, 0.25) is 0 Å². The van der Waals surface area contributed by atoms with E-state index in [1.807, 2.05) is 0 Å². The summed E-state index contributed by atoms with van der Waals surface area (Å²) in [6, 6.07) is 6.86. The Morgan fingerprint density at radius 3 is 2.24 bits per heavy atom. The fourth-order valence-corrected chi connectivity index (χ4v) is 3.86. The summed E-state index contributed by atoms with van der Waals surface area (Å²) in [7, 11) is 2.16. The van der Waals surface area contributed by atoms with E-state index >= 15 is 0 Å². The summed E-state index contributed by atoms with van der Waals surface area (Å²) < 4.78 is 25.1. The van der Waals surface area contributed by atoms with Crippen molar-refractivity contribution < 1.29 is 13.6 Å². The average Bonchev–Trinajstić information content (AvgIpc) is 2.46. The van der Waals surface area contributed by atoms with Crippen LogP contribution in [0.3, 0.4) is 0 Å². The maximum atomic E-state index is 12.6. The van der Waals surface area contributed by atoms with Gasteiger partial charge < -0.3 is 4.90 Å². The molecule has 2 nitrogen and oxygen atoms in total. The molecule has 21 heavy (non-hydrogen) atoms. The van der Waals surface area contributed by atoms with Crippen LogP contribution in [0.2, 0.25) is 0 Å². The fraction of sp³-hybridized carbons (Fsp3) is 0.588. The predicted molar refractivity (Wildman–Crippen MR) is 77.6 cm³/mol. The number of hydrogen-bond donors (Lipinski definition) is 0. The SMILES string of the molecule is CN1C2CCCC1CC(C(=O)c1ccc(C(F)F)cc1)C2. The predicted octanol–water partition coefficient (Wildman–Crippen LogP) is 4.07. The molecule has 0 spiro atoms. The maximum absolute atomic E-state index is 12.6. The van der Waals surface area contributed by atoms with E-state index in [2.05, 4.69) is 11.9 Å². The first-order valence-electron chi connectivity index (χ1n) is 7.70. The largest absolute Gasteiger partial charge is 0.300 e. The number of piperidine rings is 2. The quantitative estimate of drug-likeness (QED) is 0.783. The van der Waals surface area contributed by atoms with Crippen LogP contribution in [0, 0.1) is 5.92 Å². The van der Waals surface area contributed by atoms with Gasteiger partial charge in [-0.3, -0.25) is 4.79 Å². The molecule has 2 bridgehead atoms. The topological polar surface area (TPSA) is 20.3 Å². The Morgan fingerprint density at radius 2 is 1.71 bits per heavy atom. The molecule has 2 unspecified atom stereocenters. The molecule has 0 aromatic heterocycles. The van der Waals surface area contributed by atoms with Crippen LogP contribution >= 0.6 is 0 Å². The molecule has 114 valence electrons. The Bertz CT molecular complexity index is 500. The minimum Gasteiger partial charge on any atom is -0.300 e. The van der Waals surface area contributed by atoms with Gasteiger partial charge >= 0.3 is 0 Å². The first kappa shape index (κ1) is 14.6. The number of fused-ring (bicyclic) bond motifs is 2. The van der Waals surface area contributed by atoms with Crippen molar-refractivity contribution in [3.05, 3.63) is 35.4 Å². The van der Waals surface area contributed by atoms with E-state index < -0.39 is 6.43 Å². The summed E-state index contributed by atoms with van der Waals surface area (Å²) in [6.45, 7) is 0. The van der Waals surface area contributed by atoms with Crippen molar-refractivity contribution in [1.82, 2.24) is 4.90 Å². The van der Waals surface area contributed by atoms with Crippen molar-refractivity contribution in [2.45, 2.75) is 50.6 Å². The Morgan fingerprint density at radius 1 is 1.14 bits per heavy atom. The number of Topliss-reactive ketones (excluding diaryl/α,β-unsaturated/α-hetero) is 1. The van der Waals surface area contributed by atoms with Gasteiger partial charge in [0.05, 0.1) is 0 Å². The number of alkyl halides is 2. The van der Waals surface area contributed by atoms with Crippen LogP contribution in [0.15, 0.2) is 24.3 Å². The molecule has 2 aliphatic heterocycles. The highest BCUT2D eigenvalue weighted by atomic mass is 19.3. The van der Waals surface area contributed by atoms with Crippen molar-refractivity contribution in [3.63, 3.8) is 0 Å². The number of nitrogens with zero attached hydrogens (tertiary/aromatic N) is 1. The second-order valence-electron chi connectivity index (χ2n) is 6.36. The van der Waals surface area contributed by atoms with E-state index in [1.165, 1.54) is 31.4 Å². The third-order valence-corrected chi connectivity index (χ3v) is 5.16. The molecule has 0 radical (unpaired) electrons. The monoisotopic (exact) mass is 293 g/mol. The number of rotatable bonds is 3. The van der Waals surface area contributed by atoms with Crippen LogP contribution in [-0.2, 0) is 0 Å². The molecule has 2 atom stereocenters. The molecule has 2 fully saturated rings. The number of carbonyl (C=O) groups excluding carboxylic acids is 1. The van der Waals surface area contributed by atoms with Crippen LogP contribution in [0.1, 0.15) is 54.5 Å². The molecule has 0 aliphatic carbocycles. The molecule has 0 N–H and O–H groups in total. The van der Waals surface area contributed by atoms with Gasteiger partial charge in [0, 0.05) is 29.1 Å². The molecule has 3 rings (SSSR count). The van der Waals surface area contributed by atoms with Gasteiger partial charge in [-0.25, -0.2) is 8.78 Å². The number of ketones is 1. The number of halogens is 2. The van der Waals surface area contributed by atoms with Crippen molar-refractivity contribution in [3.8, 4) is 0 Å². The van der Waals surface area contributed by atoms with Gasteiger partial charge in [-0.1, -0.05) is 30.7 Å². The summed E-state index contributed by atoms with van der Waals surface area (Å²) in [5, 5.41) is 0. The van der Waals surface area contributed by atoms with Crippen LogP contribution < -0.4 is 0 Å². The van der Waals surface area contributed by atoms with Gasteiger partial charge in [0.15, 0.2) is 5.78 Å². The molecule has 0 saturated carbocycles. The fourth-order valence-electron chi connectivity index (χ4n) is 3.86. The highest BCUT2D eigenvalue weighted by Gasteiger charge is 2.38. The lowest BCUT2D eigenvalue weighted by Crippen LogP contribution is -2.51. The smallest absolute Gasteiger partial charge is 0.263 e. The van der Waals surface area contributed by atoms with E-state index in [4.69, 9.17) is 0 Å². The van der Waals surface area contributed by atoms with Crippen molar-refractivity contribution in [2.24, 2.45) is 5.92 Å². The van der Waals surface area contributed by atoms with Crippen molar-refractivity contribution in [1.29, 1.82) is 0 Å². The summed E-state index contributed by atoms with van der Waals surface area (Å²) >= 11 is 0. The molecule has 1 aromatic rings. The normalized spacial score (nSPS) is 29.6. The standard InChI is InChI=1S/C17H21F2NO/c1-20-14-3-2-4-15(20)10-13(9-14)16(21)11-5-7-12(8-6-11)17(18)19/h5-8,13-15,17H,2-4,9-10H2,1H3. The molecule has 2 saturated heterocycles. The first-order chi connectivity index (χ1) is 10.1. The number of carbonyl (C=O) groups is 1. The lowest BCUT2D eigenvalue weighted by atomic mass is 9.76. The second kappa shape index (κ2) is 5.84. The molecule has 4 heteroatoms. The summed E-state index contributed by atoms with van der Waals surface area (Å²) in [6.07, 6.45) is 2.92. The molecular weight excluding hydrogens is 272 g/mol. The summed E-state index contributed by atoms with van der Waals surface area (Å²) in [4.78, 5) is 15.0. The zero-order valence-corrected chi connectivity index (χ0v) is 12.3. The van der Waals surface area contributed by atoms with Crippen LogP contribution in [0.5, 0.6) is 0 Å². The third-order valence-electron chi connectivity index (χ3n) is 5.16. The Hall–Kier alpha value is -1.29. The zero-order chi connectivity index (χ0) is 15.0. The van der Waals surface area contributed by atoms with Crippen LogP contribution in [0.4, 0.5) is 8.78 Å². The molecule has 0 amide bonds. The minimum atomic E-state index is -2.48. The van der Waals surface area contributed by atoms with Crippen LogP contribution in [-0.4, -0.2) is 29.8 Å². The number of hydrogen-bond acceptors (Lipinski definition) is 2. The molecule has 1 aromatic carbocycles. The first-order valence-corrected chi connectivity index (χ1v) is 7.70. The van der Waals surface area contributed by atoms with Gasteiger partial charge in [-0.15, -0.1) is 0 Å². The minimum absolute atomic E-state index is 0.0215. The Balaban J connectivity index is 1.73. The highest BCUT2D eigenvalue weighted by Crippen LogP contribution is 2.37. The molecular formula is C17H21F2NO.